The largest absolute Gasteiger partial charge is 0.456 e. The summed E-state index contributed by atoms with van der Waals surface area (Å²) in [7, 11) is 0. The van der Waals surface area contributed by atoms with Crippen LogP contribution in [0.5, 0.6) is 0 Å². The van der Waals surface area contributed by atoms with E-state index in [0.717, 1.165) is 60.6 Å². The van der Waals surface area contributed by atoms with E-state index in [1.54, 1.807) is 0 Å². The zero-order chi connectivity index (χ0) is 25.1. The van der Waals surface area contributed by atoms with Gasteiger partial charge in [-0.25, -0.2) is 15.0 Å². The highest BCUT2D eigenvalue weighted by Crippen LogP contribution is 2.36. The van der Waals surface area contributed by atoms with E-state index in [0.29, 0.717) is 17.5 Å². The molecule has 0 fully saturated rings. The van der Waals surface area contributed by atoms with Crippen LogP contribution in [-0.4, -0.2) is 15.0 Å². The van der Waals surface area contributed by atoms with E-state index in [2.05, 4.69) is 24.3 Å². The van der Waals surface area contributed by atoms with Gasteiger partial charge in [0.1, 0.15) is 22.3 Å². The van der Waals surface area contributed by atoms with E-state index < -0.39 is 0 Å². The Morgan fingerprint density at radius 3 is 1.82 bits per heavy atom. The molecule has 0 aliphatic heterocycles. The van der Waals surface area contributed by atoms with Crippen molar-refractivity contribution in [1.82, 2.24) is 15.0 Å². The average molecular weight is 490 g/mol. The van der Waals surface area contributed by atoms with E-state index in [1.165, 1.54) is 0 Å². The molecule has 178 valence electrons. The molecule has 3 heterocycles. The second-order valence-electron chi connectivity index (χ2n) is 9.26. The van der Waals surface area contributed by atoms with Gasteiger partial charge in [0.05, 0.1) is 5.56 Å². The molecule has 3 aromatic heterocycles. The number of para-hydroxylation sites is 3. The highest BCUT2D eigenvalue weighted by Gasteiger charge is 2.18. The molecule has 0 unspecified atom stereocenters. The molecule has 8 aromatic rings. The molecule has 8 rings (SSSR count). The topological polar surface area (TPSA) is 65.0 Å². The number of aromatic nitrogens is 3. The van der Waals surface area contributed by atoms with Crippen molar-refractivity contribution < 1.29 is 8.83 Å². The zero-order valence-electron chi connectivity index (χ0n) is 20.1. The lowest BCUT2D eigenvalue weighted by molar-refractivity contribution is 0.668. The number of benzene rings is 5. The smallest absolute Gasteiger partial charge is 0.167 e. The molecule has 0 spiro atoms. The number of furan rings is 2. The van der Waals surface area contributed by atoms with Crippen molar-refractivity contribution in [3.05, 3.63) is 115 Å². The molecule has 0 bridgehead atoms. The molecule has 5 aromatic carbocycles. The van der Waals surface area contributed by atoms with Crippen LogP contribution in [0.25, 0.3) is 78.0 Å². The SMILES string of the molecule is c1ccc(-c2nc(-c3ccc4c(c3)oc3ccccc34)nc(-c3cccc4c3oc3ccccc34)n2)cc1. The minimum Gasteiger partial charge on any atom is -0.456 e. The van der Waals surface area contributed by atoms with Gasteiger partial charge in [-0.2, -0.15) is 0 Å². The Balaban J connectivity index is 1.37. The molecule has 0 aliphatic rings. The van der Waals surface area contributed by atoms with Crippen LogP contribution in [-0.2, 0) is 0 Å². The van der Waals surface area contributed by atoms with E-state index >= 15 is 0 Å². The van der Waals surface area contributed by atoms with Gasteiger partial charge in [-0.15, -0.1) is 0 Å². The monoisotopic (exact) mass is 489 g/mol. The van der Waals surface area contributed by atoms with E-state index in [4.69, 9.17) is 23.8 Å². The van der Waals surface area contributed by atoms with Crippen molar-refractivity contribution >= 4 is 43.9 Å². The lowest BCUT2D eigenvalue weighted by atomic mass is 10.1. The minimum atomic E-state index is 0.559. The average Bonchev–Trinajstić information content (AvgIpc) is 3.55. The number of hydrogen-bond donors (Lipinski definition) is 0. The van der Waals surface area contributed by atoms with Crippen LogP contribution < -0.4 is 0 Å². The summed E-state index contributed by atoms with van der Waals surface area (Å²) in [6.07, 6.45) is 0. The summed E-state index contributed by atoms with van der Waals surface area (Å²) in [5.41, 5.74) is 5.85. The minimum absolute atomic E-state index is 0.559. The Bertz CT molecular complexity index is 2140. The number of nitrogens with zero attached hydrogens (tertiary/aromatic N) is 3. The molecular formula is C33H19N3O2. The fourth-order valence-electron chi connectivity index (χ4n) is 5.13. The molecule has 0 N–H and O–H groups in total. The third-order valence-corrected chi connectivity index (χ3v) is 6.95. The molecular weight excluding hydrogens is 470 g/mol. The maximum Gasteiger partial charge on any atom is 0.167 e. The van der Waals surface area contributed by atoms with Crippen LogP contribution in [0.1, 0.15) is 0 Å². The molecule has 0 amide bonds. The first-order valence-corrected chi connectivity index (χ1v) is 12.5. The van der Waals surface area contributed by atoms with Crippen LogP contribution in [0, 0.1) is 0 Å². The molecule has 0 saturated carbocycles. The van der Waals surface area contributed by atoms with Crippen molar-refractivity contribution in [2.75, 3.05) is 0 Å². The number of fused-ring (bicyclic) bond motifs is 6. The van der Waals surface area contributed by atoms with E-state index in [1.807, 2.05) is 91.0 Å². The van der Waals surface area contributed by atoms with Gasteiger partial charge in [-0.1, -0.05) is 84.9 Å². The van der Waals surface area contributed by atoms with Gasteiger partial charge >= 0.3 is 0 Å². The first-order chi connectivity index (χ1) is 18.8. The summed E-state index contributed by atoms with van der Waals surface area (Å²) in [6, 6.07) is 38.3. The molecule has 0 aliphatic carbocycles. The summed E-state index contributed by atoms with van der Waals surface area (Å²) in [5, 5.41) is 4.25. The summed E-state index contributed by atoms with van der Waals surface area (Å²) in [5.74, 6) is 1.73. The fourth-order valence-corrected chi connectivity index (χ4v) is 5.13. The lowest BCUT2D eigenvalue weighted by Gasteiger charge is -2.08. The third-order valence-electron chi connectivity index (χ3n) is 6.95. The van der Waals surface area contributed by atoms with Gasteiger partial charge in [0, 0.05) is 32.7 Å². The predicted molar refractivity (Wildman–Crippen MR) is 151 cm³/mol. The quantitative estimate of drug-likeness (QED) is 0.248. The predicted octanol–water partition coefficient (Wildman–Crippen LogP) is 8.67. The van der Waals surface area contributed by atoms with Crippen molar-refractivity contribution in [2.45, 2.75) is 0 Å². The normalized spacial score (nSPS) is 11.7. The standard InChI is InChI=1S/C33H19N3O2/c1-2-9-20(10-3-1)31-34-32(21-17-18-24-22-11-4-6-15-27(22)37-29(24)19-21)36-33(35-31)26-14-8-13-25-23-12-5-7-16-28(23)38-30(25)26/h1-19H. The van der Waals surface area contributed by atoms with Gasteiger partial charge in [0.2, 0.25) is 0 Å². The lowest BCUT2D eigenvalue weighted by Crippen LogP contribution is -2.00. The van der Waals surface area contributed by atoms with Crippen LogP contribution in [0.2, 0.25) is 0 Å². The molecule has 0 atom stereocenters. The van der Waals surface area contributed by atoms with Gasteiger partial charge < -0.3 is 8.83 Å². The summed E-state index contributed by atoms with van der Waals surface area (Å²) >= 11 is 0. The second-order valence-corrected chi connectivity index (χ2v) is 9.26. The molecule has 5 heteroatoms. The van der Waals surface area contributed by atoms with Gasteiger partial charge in [0.15, 0.2) is 17.5 Å². The van der Waals surface area contributed by atoms with Crippen LogP contribution in [0.3, 0.4) is 0 Å². The van der Waals surface area contributed by atoms with E-state index in [9.17, 15) is 0 Å². The van der Waals surface area contributed by atoms with Crippen LogP contribution in [0.4, 0.5) is 0 Å². The van der Waals surface area contributed by atoms with E-state index in [-0.39, 0.29) is 0 Å². The molecule has 5 nitrogen and oxygen atoms in total. The zero-order valence-corrected chi connectivity index (χ0v) is 20.1. The highest BCUT2D eigenvalue weighted by atomic mass is 16.3. The Morgan fingerprint density at radius 1 is 0.395 bits per heavy atom. The van der Waals surface area contributed by atoms with Gasteiger partial charge in [-0.3, -0.25) is 0 Å². The van der Waals surface area contributed by atoms with Crippen LogP contribution in [0.15, 0.2) is 124 Å². The first-order valence-electron chi connectivity index (χ1n) is 12.5. The summed E-state index contributed by atoms with van der Waals surface area (Å²) in [6.45, 7) is 0. The molecule has 38 heavy (non-hydrogen) atoms. The van der Waals surface area contributed by atoms with Crippen LogP contribution >= 0.6 is 0 Å². The number of hydrogen-bond acceptors (Lipinski definition) is 5. The Labute approximate surface area is 217 Å². The highest BCUT2D eigenvalue weighted by molar-refractivity contribution is 6.09. The maximum absolute atomic E-state index is 6.31. The number of rotatable bonds is 3. The third kappa shape index (κ3) is 3.22. The van der Waals surface area contributed by atoms with Gasteiger partial charge in [0.25, 0.3) is 0 Å². The Kier molecular flexibility index (Phi) is 4.45. The van der Waals surface area contributed by atoms with Gasteiger partial charge in [-0.05, 0) is 30.3 Å². The fraction of sp³-hybridized carbons (Fsp3) is 0. The Morgan fingerprint density at radius 2 is 1.00 bits per heavy atom. The summed E-state index contributed by atoms with van der Waals surface area (Å²) < 4.78 is 12.5. The second kappa shape index (κ2) is 8.11. The maximum atomic E-state index is 6.31. The van der Waals surface area contributed by atoms with Crippen molar-refractivity contribution in [1.29, 1.82) is 0 Å². The first kappa shape index (κ1) is 20.9. The molecule has 0 radical (unpaired) electrons. The van der Waals surface area contributed by atoms with Crippen molar-refractivity contribution in [3.8, 4) is 34.2 Å². The van der Waals surface area contributed by atoms with Crippen molar-refractivity contribution in [3.63, 3.8) is 0 Å². The van der Waals surface area contributed by atoms with Crippen molar-refractivity contribution in [2.24, 2.45) is 0 Å². The molecule has 0 saturated heterocycles. The summed E-state index contributed by atoms with van der Waals surface area (Å²) in [4.78, 5) is 14.8. The Hall–Kier alpha value is -5.29.